The molecule has 1 aromatic rings. The lowest BCUT2D eigenvalue weighted by atomic mass is 10.2. The Morgan fingerprint density at radius 2 is 2.32 bits per heavy atom. The summed E-state index contributed by atoms with van der Waals surface area (Å²) in [5, 5.41) is 0. The van der Waals surface area contributed by atoms with E-state index < -0.39 is 0 Å². The molecule has 1 saturated heterocycles. The van der Waals surface area contributed by atoms with Crippen molar-refractivity contribution >= 4 is 29.7 Å². The number of amides is 2. The van der Waals surface area contributed by atoms with E-state index in [1.807, 2.05) is 0 Å². The Balaban J connectivity index is 2.04. The Bertz CT molecular complexity index is 482. The fourth-order valence-electron chi connectivity index (χ4n) is 1.80. The number of thioether (sulfide) groups is 1. The molecule has 0 aliphatic carbocycles. The lowest BCUT2D eigenvalue weighted by Gasteiger charge is -2.24. The smallest absolute Gasteiger partial charge is 0.248 e. The maximum Gasteiger partial charge on any atom is 0.248 e. The summed E-state index contributed by atoms with van der Waals surface area (Å²) in [6, 6.07) is 3.16. The van der Waals surface area contributed by atoms with Gasteiger partial charge in [-0.15, -0.1) is 11.8 Å². The van der Waals surface area contributed by atoms with E-state index in [0.29, 0.717) is 17.4 Å². The monoisotopic (exact) mass is 280 g/mol. The molecule has 2 rings (SSSR count). The lowest BCUT2D eigenvalue weighted by Crippen LogP contribution is -2.46. The van der Waals surface area contributed by atoms with Crippen LogP contribution in [0.2, 0.25) is 0 Å². The SMILES string of the molecule is CN(C)C(=O)[C@@H]1CSCN1C(=O)/C=C\c1ccco1. The van der Waals surface area contributed by atoms with E-state index in [4.69, 9.17) is 4.42 Å². The predicted octanol–water partition coefficient (Wildman–Crippen LogP) is 1.28. The Hall–Kier alpha value is -1.69. The molecule has 0 N–H and O–H groups in total. The number of hydrogen-bond donors (Lipinski definition) is 0. The van der Waals surface area contributed by atoms with E-state index in [0.717, 1.165) is 0 Å². The van der Waals surface area contributed by atoms with Crippen molar-refractivity contribution in [2.45, 2.75) is 6.04 Å². The molecule has 5 nitrogen and oxygen atoms in total. The van der Waals surface area contributed by atoms with E-state index in [1.54, 1.807) is 55.2 Å². The van der Waals surface area contributed by atoms with Crippen molar-refractivity contribution in [3.63, 3.8) is 0 Å². The van der Waals surface area contributed by atoms with Crippen molar-refractivity contribution < 1.29 is 14.0 Å². The van der Waals surface area contributed by atoms with Gasteiger partial charge in [0.15, 0.2) is 0 Å². The summed E-state index contributed by atoms with van der Waals surface area (Å²) in [5.74, 6) is 1.62. The van der Waals surface area contributed by atoms with Gasteiger partial charge in [-0.3, -0.25) is 9.59 Å². The highest BCUT2D eigenvalue weighted by molar-refractivity contribution is 7.99. The van der Waals surface area contributed by atoms with E-state index in [2.05, 4.69) is 0 Å². The van der Waals surface area contributed by atoms with Crippen LogP contribution in [0, 0.1) is 0 Å². The quantitative estimate of drug-likeness (QED) is 0.783. The first kappa shape index (κ1) is 13.7. The molecule has 0 aromatic carbocycles. The molecule has 1 atom stereocenters. The van der Waals surface area contributed by atoms with Crippen LogP contribution in [0.25, 0.3) is 6.08 Å². The average molecular weight is 280 g/mol. The van der Waals surface area contributed by atoms with Gasteiger partial charge in [-0.1, -0.05) is 0 Å². The number of nitrogens with zero attached hydrogens (tertiary/aromatic N) is 2. The van der Waals surface area contributed by atoms with Gasteiger partial charge < -0.3 is 14.2 Å². The van der Waals surface area contributed by atoms with Crippen LogP contribution in [0.1, 0.15) is 5.76 Å². The maximum absolute atomic E-state index is 12.1. The van der Waals surface area contributed by atoms with Gasteiger partial charge in [0.2, 0.25) is 11.8 Å². The zero-order chi connectivity index (χ0) is 13.8. The van der Waals surface area contributed by atoms with Gasteiger partial charge in [0.1, 0.15) is 11.8 Å². The molecule has 0 saturated carbocycles. The van der Waals surface area contributed by atoms with Gasteiger partial charge in [0.05, 0.1) is 12.1 Å². The summed E-state index contributed by atoms with van der Waals surface area (Å²) < 4.78 is 5.12. The van der Waals surface area contributed by atoms with Gasteiger partial charge in [0.25, 0.3) is 0 Å². The maximum atomic E-state index is 12.1. The van der Waals surface area contributed by atoms with Crippen LogP contribution in [-0.4, -0.2) is 53.4 Å². The molecule has 1 aromatic heterocycles. The van der Waals surface area contributed by atoms with Gasteiger partial charge in [-0.05, 0) is 18.2 Å². The summed E-state index contributed by atoms with van der Waals surface area (Å²) in [6.07, 6.45) is 4.61. The third-order valence-corrected chi connectivity index (χ3v) is 3.84. The second-order valence-corrected chi connectivity index (χ2v) is 5.40. The fraction of sp³-hybridized carbons (Fsp3) is 0.385. The van der Waals surface area contributed by atoms with Crippen LogP contribution in [0.4, 0.5) is 0 Å². The molecule has 102 valence electrons. The minimum Gasteiger partial charge on any atom is -0.465 e. The molecule has 0 unspecified atom stereocenters. The predicted molar refractivity (Wildman–Crippen MR) is 74.4 cm³/mol. The Kier molecular flexibility index (Phi) is 4.31. The first-order valence-corrected chi connectivity index (χ1v) is 7.06. The van der Waals surface area contributed by atoms with Crippen molar-refractivity contribution in [1.82, 2.24) is 9.80 Å². The lowest BCUT2D eigenvalue weighted by molar-refractivity contribution is -0.139. The Labute approximate surface area is 116 Å². The van der Waals surface area contributed by atoms with Gasteiger partial charge in [0, 0.05) is 25.9 Å². The second-order valence-electron chi connectivity index (χ2n) is 4.41. The van der Waals surface area contributed by atoms with Crippen LogP contribution in [0.15, 0.2) is 28.9 Å². The third-order valence-electron chi connectivity index (χ3n) is 2.82. The second kappa shape index (κ2) is 5.97. The molecule has 6 heteroatoms. The summed E-state index contributed by atoms with van der Waals surface area (Å²) in [5.41, 5.74) is 0. The van der Waals surface area contributed by atoms with Crippen molar-refractivity contribution in [3.05, 3.63) is 30.2 Å². The van der Waals surface area contributed by atoms with Gasteiger partial charge in [-0.2, -0.15) is 0 Å². The fourth-order valence-corrected chi connectivity index (χ4v) is 2.95. The summed E-state index contributed by atoms with van der Waals surface area (Å²) in [4.78, 5) is 27.2. The average Bonchev–Trinajstić information content (AvgIpc) is 3.05. The molecule has 1 aliphatic heterocycles. The van der Waals surface area contributed by atoms with E-state index in [-0.39, 0.29) is 17.9 Å². The minimum absolute atomic E-state index is 0.0373. The van der Waals surface area contributed by atoms with Crippen LogP contribution in [-0.2, 0) is 9.59 Å². The molecular formula is C13H16N2O3S. The number of rotatable bonds is 3. The summed E-state index contributed by atoms with van der Waals surface area (Å²) in [7, 11) is 3.40. The molecular weight excluding hydrogens is 264 g/mol. The topological polar surface area (TPSA) is 53.8 Å². The first-order valence-electron chi connectivity index (χ1n) is 5.90. The van der Waals surface area contributed by atoms with Crippen LogP contribution in [0.5, 0.6) is 0 Å². The number of carbonyl (C=O) groups is 2. The Morgan fingerprint density at radius 3 is 2.95 bits per heavy atom. The largest absolute Gasteiger partial charge is 0.465 e. The standard InChI is InChI=1S/C13H16N2O3S/c1-14(2)13(17)11-8-19-9-15(11)12(16)6-5-10-4-3-7-18-10/h3-7,11H,8-9H2,1-2H3/b6-5-/t11-/m0/s1. The van der Waals surface area contributed by atoms with E-state index in [1.165, 1.54) is 11.0 Å². The summed E-state index contributed by atoms with van der Waals surface area (Å²) >= 11 is 1.59. The highest BCUT2D eigenvalue weighted by atomic mass is 32.2. The Morgan fingerprint density at radius 1 is 1.53 bits per heavy atom. The molecule has 2 amide bonds. The zero-order valence-electron chi connectivity index (χ0n) is 10.9. The van der Waals surface area contributed by atoms with Gasteiger partial charge >= 0.3 is 0 Å². The first-order chi connectivity index (χ1) is 9.09. The van der Waals surface area contributed by atoms with Crippen LogP contribution < -0.4 is 0 Å². The van der Waals surface area contributed by atoms with Crippen LogP contribution >= 0.6 is 11.8 Å². The van der Waals surface area contributed by atoms with E-state index >= 15 is 0 Å². The highest BCUT2D eigenvalue weighted by Crippen LogP contribution is 2.22. The summed E-state index contributed by atoms with van der Waals surface area (Å²) in [6.45, 7) is 0. The van der Waals surface area contributed by atoms with Crippen LogP contribution in [0.3, 0.4) is 0 Å². The highest BCUT2D eigenvalue weighted by Gasteiger charge is 2.34. The number of hydrogen-bond acceptors (Lipinski definition) is 4. The molecule has 1 aliphatic rings. The van der Waals surface area contributed by atoms with E-state index in [9.17, 15) is 9.59 Å². The number of furan rings is 1. The normalized spacial score (nSPS) is 19.1. The molecule has 19 heavy (non-hydrogen) atoms. The van der Waals surface area contributed by atoms with Crippen molar-refractivity contribution in [2.24, 2.45) is 0 Å². The van der Waals surface area contributed by atoms with Crippen molar-refractivity contribution in [2.75, 3.05) is 25.7 Å². The molecule has 0 spiro atoms. The minimum atomic E-state index is -0.367. The van der Waals surface area contributed by atoms with Crippen molar-refractivity contribution in [1.29, 1.82) is 0 Å². The van der Waals surface area contributed by atoms with Gasteiger partial charge in [-0.25, -0.2) is 0 Å². The number of likely N-dealkylation sites (N-methyl/N-ethyl adjacent to an activating group) is 1. The third kappa shape index (κ3) is 3.20. The molecule has 2 heterocycles. The molecule has 1 fully saturated rings. The van der Waals surface area contributed by atoms with Crippen molar-refractivity contribution in [3.8, 4) is 0 Å². The molecule has 0 radical (unpaired) electrons. The molecule has 0 bridgehead atoms. The zero-order valence-corrected chi connectivity index (χ0v) is 11.7. The number of carbonyl (C=O) groups excluding carboxylic acids is 2.